The van der Waals surface area contributed by atoms with Gasteiger partial charge in [0.15, 0.2) is 0 Å². The number of nitrogens with two attached hydrogens (primary N) is 1. The summed E-state index contributed by atoms with van der Waals surface area (Å²) >= 11 is 0. The highest BCUT2D eigenvalue weighted by molar-refractivity contribution is 5.92. The molecule has 0 radical (unpaired) electrons. The van der Waals surface area contributed by atoms with Crippen LogP contribution in [0.15, 0.2) is 18.3 Å². The van der Waals surface area contributed by atoms with Crippen LogP contribution in [0.25, 0.3) is 0 Å². The van der Waals surface area contributed by atoms with Gasteiger partial charge in [0, 0.05) is 51.5 Å². The molecule has 6 heteroatoms. The van der Waals surface area contributed by atoms with Crippen molar-refractivity contribution in [3.8, 4) is 0 Å². The molecule has 0 bridgehead atoms. The number of hydrogen-bond acceptors (Lipinski definition) is 5. The maximum atomic E-state index is 12.2. The minimum atomic E-state index is -0.872. The van der Waals surface area contributed by atoms with Crippen molar-refractivity contribution in [3.63, 3.8) is 0 Å². The molecule has 1 aliphatic rings. The highest BCUT2D eigenvalue weighted by Gasteiger charge is 2.32. The molecule has 3 N–H and O–H groups in total. The summed E-state index contributed by atoms with van der Waals surface area (Å²) in [6, 6.07) is 3.16. The fraction of sp³-hybridized carbons (Fsp3) is 0.538. The van der Waals surface area contributed by atoms with E-state index in [0.29, 0.717) is 31.7 Å². The van der Waals surface area contributed by atoms with Gasteiger partial charge in [-0.25, -0.2) is 0 Å². The van der Waals surface area contributed by atoms with E-state index in [9.17, 15) is 9.90 Å². The Morgan fingerprint density at radius 2 is 2.26 bits per heavy atom. The zero-order chi connectivity index (χ0) is 13.9. The third kappa shape index (κ3) is 3.42. The second kappa shape index (κ2) is 5.54. The number of likely N-dealkylation sites (N-methyl/N-ethyl adjacent to an activating group) is 1. The Morgan fingerprint density at radius 1 is 1.58 bits per heavy atom. The number of aromatic nitrogens is 1. The van der Waals surface area contributed by atoms with Crippen LogP contribution in [0.4, 0.5) is 5.69 Å². The van der Waals surface area contributed by atoms with Gasteiger partial charge in [-0.2, -0.15) is 0 Å². The molecule has 1 aromatic heterocycles. The SMILES string of the molecule is CN(CC1(O)CCOCC1)C(=O)c1cc(N)ccn1. The predicted molar refractivity (Wildman–Crippen MR) is 70.6 cm³/mol. The first-order chi connectivity index (χ1) is 9.00. The van der Waals surface area contributed by atoms with E-state index >= 15 is 0 Å². The topological polar surface area (TPSA) is 88.7 Å². The summed E-state index contributed by atoms with van der Waals surface area (Å²) in [6.45, 7) is 1.32. The second-order valence-electron chi connectivity index (χ2n) is 4.97. The van der Waals surface area contributed by atoms with Crippen LogP contribution in [0.5, 0.6) is 0 Å². The van der Waals surface area contributed by atoms with Crippen LogP contribution in [-0.2, 0) is 4.74 Å². The molecule has 0 atom stereocenters. The number of nitrogen functional groups attached to an aromatic ring is 1. The van der Waals surface area contributed by atoms with Gasteiger partial charge in [-0.3, -0.25) is 9.78 Å². The Labute approximate surface area is 112 Å². The molecule has 0 aromatic carbocycles. The first-order valence-electron chi connectivity index (χ1n) is 6.27. The predicted octanol–water partition coefficient (Wildman–Crippen LogP) is 0.277. The number of carbonyl (C=O) groups is 1. The van der Waals surface area contributed by atoms with Crippen LogP contribution < -0.4 is 5.73 Å². The zero-order valence-electron chi connectivity index (χ0n) is 11.0. The number of hydrogen-bond donors (Lipinski definition) is 2. The van der Waals surface area contributed by atoms with Crippen LogP contribution in [0, 0.1) is 0 Å². The van der Waals surface area contributed by atoms with Gasteiger partial charge in [0.2, 0.25) is 0 Å². The molecule has 6 nitrogen and oxygen atoms in total. The maximum absolute atomic E-state index is 12.2. The number of anilines is 1. The smallest absolute Gasteiger partial charge is 0.272 e. The van der Waals surface area contributed by atoms with Gasteiger partial charge in [-0.1, -0.05) is 0 Å². The molecule has 0 aliphatic carbocycles. The lowest BCUT2D eigenvalue weighted by atomic mass is 9.94. The van der Waals surface area contributed by atoms with Gasteiger partial charge in [0.05, 0.1) is 5.60 Å². The quantitative estimate of drug-likeness (QED) is 0.819. The van der Waals surface area contributed by atoms with Crippen molar-refractivity contribution in [2.24, 2.45) is 0 Å². The fourth-order valence-electron chi connectivity index (χ4n) is 2.18. The summed E-state index contributed by atoms with van der Waals surface area (Å²) in [5.74, 6) is -0.243. The molecule has 1 saturated heterocycles. The summed E-state index contributed by atoms with van der Waals surface area (Å²) < 4.78 is 5.22. The minimum Gasteiger partial charge on any atom is -0.399 e. The molecule has 2 rings (SSSR count). The fourth-order valence-corrected chi connectivity index (χ4v) is 2.18. The highest BCUT2D eigenvalue weighted by atomic mass is 16.5. The molecule has 1 aromatic rings. The van der Waals surface area contributed by atoms with Crippen molar-refractivity contribution in [1.82, 2.24) is 9.88 Å². The van der Waals surface area contributed by atoms with Crippen LogP contribution >= 0.6 is 0 Å². The van der Waals surface area contributed by atoms with Crippen molar-refractivity contribution < 1.29 is 14.6 Å². The molecule has 1 aliphatic heterocycles. The molecule has 19 heavy (non-hydrogen) atoms. The van der Waals surface area contributed by atoms with Gasteiger partial charge in [-0.15, -0.1) is 0 Å². The molecular formula is C13H19N3O3. The number of pyridine rings is 1. The number of aliphatic hydroxyl groups is 1. The van der Waals surface area contributed by atoms with Gasteiger partial charge in [0.1, 0.15) is 5.69 Å². The van der Waals surface area contributed by atoms with E-state index in [4.69, 9.17) is 10.5 Å². The van der Waals surface area contributed by atoms with Crippen molar-refractivity contribution in [2.45, 2.75) is 18.4 Å². The average Bonchev–Trinajstić information content (AvgIpc) is 2.38. The first-order valence-corrected chi connectivity index (χ1v) is 6.27. The van der Waals surface area contributed by atoms with E-state index in [1.807, 2.05) is 0 Å². The normalized spacial score (nSPS) is 18.0. The molecule has 1 fully saturated rings. The zero-order valence-corrected chi connectivity index (χ0v) is 11.0. The Morgan fingerprint density at radius 3 is 2.89 bits per heavy atom. The number of rotatable bonds is 3. The van der Waals surface area contributed by atoms with Crippen LogP contribution in [0.1, 0.15) is 23.3 Å². The molecule has 104 valence electrons. The monoisotopic (exact) mass is 265 g/mol. The number of ether oxygens (including phenoxy) is 1. The van der Waals surface area contributed by atoms with E-state index in [1.165, 1.54) is 17.2 Å². The summed E-state index contributed by atoms with van der Waals surface area (Å²) in [7, 11) is 1.65. The lowest BCUT2D eigenvalue weighted by Crippen LogP contribution is -2.47. The van der Waals surface area contributed by atoms with Crippen molar-refractivity contribution in [1.29, 1.82) is 0 Å². The molecule has 1 amide bonds. The van der Waals surface area contributed by atoms with Gasteiger partial charge in [0.25, 0.3) is 5.91 Å². The van der Waals surface area contributed by atoms with Crippen LogP contribution in [0.2, 0.25) is 0 Å². The van der Waals surface area contributed by atoms with Gasteiger partial charge in [-0.05, 0) is 12.1 Å². The molecule has 0 spiro atoms. The number of nitrogens with zero attached hydrogens (tertiary/aromatic N) is 2. The molecular weight excluding hydrogens is 246 g/mol. The molecule has 0 saturated carbocycles. The molecule has 2 heterocycles. The summed E-state index contributed by atoms with van der Waals surface area (Å²) in [5, 5.41) is 10.4. The van der Waals surface area contributed by atoms with E-state index in [1.54, 1.807) is 13.1 Å². The highest BCUT2D eigenvalue weighted by Crippen LogP contribution is 2.21. The number of carbonyl (C=O) groups excluding carboxylic acids is 1. The Balaban J connectivity index is 2.03. The van der Waals surface area contributed by atoms with Crippen molar-refractivity contribution in [3.05, 3.63) is 24.0 Å². The van der Waals surface area contributed by atoms with Gasteiger partial charge < -0.3 is 20.5 Å². The lowest BCUT2D eigenvalue weighted by molar-refractivity contribution is -0.0734. The van der Waals surface area contributed by atoms with Crippen molar-refractivity contribution in [2.75, 3.05) is 32.5 Å². The third-order valence-corrected chi connectivity index (χ3v) is 3.30. The second-order valence-corrected chi connectivity index (χ2v) is 4.97. The largest absolute Gasteiger partial charge is 0.399 e. The number of amides is 1. The minimum absolute atomic E-state index is 0.243. The van der Waals surface area contributed by atoms with E-state index in [2.05, 4.69) is 4.98 Å². The lowest BCUT2D eigenvalue weighted by Gasteiger charge is -2.35. The summed E-state index contributed by atoms with van der Waals surface area (Å²) in [5.41, 5.74) is 5.54. The standard InChI is InChI=1S/C13H19N3O3/c1-16(9-13(18)3-6-19-7-4-13)12(17)11-8-10(14)2-5-15-11/h2,5,8,18H,3-4,6-7,9H2,1H3,(H2,14,15). The average molecular weight is 265 g/mol. The molecule has 0 unspecified atom stereocenters. The Bertz CT molecular complexity index is 458. The van der Waals surface area contributed by atoms with E-state index in [0.717, 1.165) is 0 Å². The van der Waals surface area contributed by atoms with Crippen LogP contribution in [0.3, 0.4) is 0 Å². The summed E-state index contributed by atoms with van der Waals surface area (Å²) in [4.78, 5) is 17.7. The third-order valence-electron chi connectivity index (χ3n) is 3.30. The van der Waals surface area contributed by atoms with Crippen molar-refractivity contribution >= 4 is 11.6 Å². The Hall–Kier alpha value is -1.66. The first kappa shape index (κ1) is 13.8. The van der Waals surface area contributed by atoms with E-state index in [-0.39, 0.29) is 18.1 Å². The van der Waals surface area contributed by atoms with E-state index < -0.39 is 5.60 Å². The maximum Gasteiger partial charge on any atom is 0.272 e. The summed E-state index contributed by atoms with van der Waals surface area (Å²) in [6.07, 6.45) is 2.57. The van der Waals surface area contributed by atoms with Gasteiger partial charge >= 0.3 is 0 Å². The Kier molecular flexibility index (Phi) is 4.01. The van der Waals surface area contributed by atoms with Crippen LogP contribution in [-0.4, -0.2) is 53.3 Å².